The summed E-state index contributed by atoms with van der Waals surface area (Å²) in [4.78, 5) is 14.9. The second-order valence-corrected chi connectivity index (χ2v) is 2.96. The molecule has 76 valence electrons. The number of esters is 1. The van der Waals surface area contributed by atoms with E-state index in [2.05, 4.69) is 4.98 Å². The molecular formula is C10H13NO3. The molecule has 0 bridgehead atoms. The molecule has 0 aromatic carbocycles. The lowest BCUT2D eigenvalue weighted by Gasteiger charge is -2.11. The third-order valence-corrected chi connectivity index (χ3v) is 1.94. The first-order chi connectivity index (χ1) is 6.56. The summed E-state index contributed by atoms with van der Waals surface area (Å²) in [5.41, 5.74) is 1.74. The zero-order valence-corrected chi connectivity index (χ0v) is 8.75. The van der Waals surface area contributed by atoms with Crippen molar-refractivity contribution in [2.75, 3.05) is 7.11 Å². The number of rotatable bonds is 2. The summed E-state index contributed by atoms with van der Waals surface area (Å²) in [7, 11) is 1.54. The Labute approximate surface area is 82.9 Å². The summed E-state index contributed by atoms with van der Waals surface area (Å²) >= 11 is 0. The van der Waals surface area contributed by atoms with Crippen LogP contribution in [0.4, 0.5) is 0 Å². The van der Waals surface area contributed by atoms with E-state index in [1.165, 1.54) is 20.2 Å². The molecule has 0 aliphatic carbocycles. The molecule has 0 radical (unpaired) electrons. The van der Waals surface area contributed by atoms with Crippen molar-refractivity contribution in [3.8, 4) is 11.5 Å². The van der Waals surface area contributed by atoms with E-state index in [9.17, 15) is 4.79 Å². The largest absolute Gasteiger partial charge is 0.492 e. The van der Waals surface area contributed by atoms with E-state index < -0.39 is 0 Å². The molecule has 0 aliphatic heterocycles. The van der Waals surface area contributed by atoms with Gasteiger partial charge in [-0.2, -0.15) is 0 Å². The minimum Gasteiger partial charge on any atom is -0.492 e. The van der Waals surface area contributed by atoms with Gasteiger partial charge >= 0.3 is 5.97 Å². The molecule has 1 aromatic heterocycles. The maximum Gasteiger partial charge on any atom is 0.308 e. The first-order valence-corrected chi connectivity index (χ1v) is 4.25. The Morgan fingerprint density at radius 1 is 1.43 bits per heavy atom. The lowest BCUT2D eigenvalue weighted by atomic mass is 10.2. The van der Waals surface area contributed by atoms with Gasteiger partial charge in [0.25, 0.3) is 0 Å². The van der Waals surface area contributed by atoms with Crippen molar-refractivity contribution in [2.45, 2.75) is 20.8 Å². The Balaban J connectivity index is 3.17. The fourth-order valence-corrected chi connectivity index (χ4v) is 1.14. The SMILES string of the molecule is COc1c(OC(C)=O)cnc(C)c1C. The summed E-state index contributed by atoms with van der Waals surface area (Å²) in [6.45, 7) is 5.08. The summed E-state index contributed by atoms with van der Waals surface area (Å²) < 4.78 is 10.1. The normalized spacial score (nSPS) is 9.71. The van der Waals surface area contributed by atoms with Crippen LogP contribution in [0.5, 0.6) is 11.5 Å². The lowest BCUT2D eigenvalue weighted by Crippen LogP contribution is -2.05. The van der Waals surface area contributed by atoms with Gasteiger partial charge < -0.3 is 9.47 Å². The smallest absolute Gasteiger partial charge is 0.308 e. The standard InChI is InChI=1S/C10H13NO3/c1-6-7(2)11-5-9(10(6)13-4)14-8(3)12/h5H,1-4H3. The quantitative estimate of drug-likeness (QED) is 0.673. The number of pyridine rings is 1. The minimum absolute atomic E-state index is 0.364. The van der Waals surface area contributed by atoms with Crippen LogP contribution < -0.4 is 9.47 Å². The molecule has 0 aliphatic rings. The second kappa shape index (κ2) is 4.09. The van der Waals surface area contributed by atoms with Gasteiger partial charge in [0.05, 0.1) is 13.3 Å². The van der Waals surface area contributed by atoms with Gasteiger partial charge in [-0.05, 0) is 13.8 Å². The van der Waals surface area contributed by atoms with Gasteiger partial charge in [0, 0.05) is 18.2 Å². The first kappa shape index (κ1) is 10.5. The fraction of sp³-hybridized carbons (Fsp3) is 0.400. The van der Waals surface area contributed by atoms with Crippen LogP contribution >= 0.6 is 0 Å². The average molecular weight is 195 g/mol. The molecule has 1 rings (SSSR count). The highest BCUT2D eigenvalue weighted by molar-refractivity contribution is 5.70. The number of carbonyl (C=O) groups excluding carboxylic acids is 1. The molecule has 4 heteroatoms. The van der Waals surface area contributed by atoms with Crippen molar-refractivity contribution in [3.05, 3.63) is 17.5 Å². The maximum absolute atomic E-state index is 10.8. The highest BCUT2D eigenvalue weighted by Crippen LogP contribution is 2.31. The van der Waals surface area contributed by atoms with Gasteiger partial charge in [-0.1, -0.05) is 0 Å². The van der Waals surface area contributed by atoms with E-state index in [0.717, 1.165) is 11.3 Å². The summed E-state index contributed by atoms with van der Waals surface area (Å²) in [6.07, 6.45) is 1.49. The van der Waals surface area contributed by atoms with Gasteiger partial charge in [-0.25, -0.2) is 0 Å². The highest BCUT2D eigenvalue weighted by atomic mass is 16.6. The van der Waals surface area contributed by atoms with Gasteiger partial charge in [0.1, 0.15) is 0 Å². The van der Waals surface area contributed by atoms with Crippen molar-refractivity contribution in [3.63, 3.8) is 0 Å². The zero-order valence-electron chi connectivity index (χ0n) is 8.75. The van der Waals surface area contributed by atoms with Gasteiger partial charge in [0.2, 0.25) is 0 Å². The molecule has 1 heterocycles. The number of methoxy groups -OCH3 is 1. The van der Waals surface area contributed by atoms with Crippen LogP contribution in [-0.2, 0) is 4.79 Å². The molecule has 4 nitrogen and oxygen atoms in total. The molecule has 0 amide bonds. The van der Waals surface area contributed by atoms with E-state index in [0.29, 0.717) is 11.5 Å². The van der Waals surface area contributed by atoms with Crippen molar-refractivity contribution >= 4 is 5.97 Å². The van der Waals surface area contributed by atoms with Gasteiger partial charge in [-0.15, -0.1) is 0 Å². The Morgan fingerprint density at radius 3 is 2.57 bits per heavy atom. The molecule has 0 atom stereocenters. The molecule has 0 fully saturated rings. The highest BCUT2D eigenvalue weighted by Gasteiger charge is 2.12. The number of hydrogen-bond donors (Lipinski definition) is 0. The molecule has 0 N–H and O–H groups in total. The monoisotopic (exact) mass is 195 g/mol. The van der Waals surface area contributed by atoms with Crippen molar-refractivity contribution in [2.24, 2.45) is 0 Å². The molecule has 0 saturated carbocycles. The number of ether oxygens (including phenoxy) is 2. The van der Waals surface area contributed by atoms with E-state index in [1.807, 2.05) is 13.8 Å². The molecular weight excluding hydrogens is 182 g/mol. The van der Waals surface area contributed by atoms with E-state index in [1.54, 1.807) is 0 Å². The molecule has 1 aromatic rings. The number of aryl methyl sites for hydroxylation is 1. The molecule has 0 spiro atoms. The second-order valence-electron chi connectivity index (χ2n) is 2.96. The minimum atomic E-state index is -0.381. The zero-order chi connectivity index (χ0) is 10.7. The van der Waals surface area contributed by atoms with Crippen molar-refractivity contribution in [1.82, 2.24) is 4.98 Å². The van der Waals surface area contributed by atoms with Crippen LogP contribution in [0.2, 0.25) is 0 Å². The molecule has 14 heavy (non-hydrogen) atoms. The predicted molar refractivity (Wildman–Crippen MR) is 51.6 cm³/mol. The van der Waals surface area contributed by atoms with Crippen LogP contribution in [0.15, 0.2) is 6.20 Å². The van der Waals surface area contributed by atoms with E-state index in [4.69, 9.17) is 9.47 Å². The Hall–Kier alpha value is -1.58. The Morgan fingerprint density at radius 2 is 2.07 bits per heavy atom. The van der Waals surface area contributed by atoms with Crippen molar-refractivity contribution < 1.29 is 14.3 Å². The van der Waals surface area contributed by atoms with Crippen LogP contribution in [0.1, 0.15) is 18.2 Å². The Bertz CT molecular complexity index is 361. The third-order valence-electron chi connectivity index (χ3n) is 1.94. The summed E-state index contributed by atoms with van der Waals surface area (Å²) in [5.74, 6) is 0.546. The van der Waals surface area contributed by atoms with Crippen LogP contribution in [0, 0.1) is 13.8 Å². The lowest BCUT2D eigenvalue weighted by molar-refractivity contribution is -0.132. The Kier molecular flexibility index (Phi) is 3.06. The molecule has 0 saturated heterocycles. The third kappa shape index (κ3) is 2.02. The first-order valence-electron chi connectivity index (χ1n) is 4.25. The predicted octanol–water partition coefficient (Wildman–Crippen LogP) is 1.63. The van der Waals surface area contributed by atoms with Gasteiger partial charge in [0.15, 0.2) is 11.5 Å². The number of nitrogens with zero attached hydrogens (tertiary/aromatic N) is 1. The van der Waals surface area contributed by atoms with E-state index in [-0.39, 0.29) is 5.97 Å². The topological polar surface area (TPSA) is 48.4 Å². The number of hydrogen-bond acceptors (Lipinski definition) is 4. The molecule has 0 unspecified atom stereocenters. The average Bonchev–Trinajstić information content (AvgIpc) is 2.11. The summed E-state index contributed by atoms with van der Waals surface area (Å²) in [5, 5.41) is 0. The van der Waals surface area contributed by atoms with Crippen LogP contribution in [0.3, 0.4) is 0 Å². The van der Waals surface area contributed by atoms with Crippen molar-refractivity contribution in [1.29, 1.82) is 0 Å². The summed E-state index contributed by atoms with van der Waals surface area (Å²) in [6, 6.07) is 0. The van der Waals surface area contributed by atoms with Crippen LogP contribution in [-0.4, -0.2) is 18.1 Å². The fourth-order valence-electron chi connectivity index (χ4n) is 1.14. The maximum atomic E-state index is 10.8. The number of aromatic nitrogens is 1. The van der Waals surface area contributed by atoms with E-state index >= 15 is 0 Å². The van der Waals surface area contributed by atoms with Crippen LogP contribution in [0.25, 0.3) is 0 Å². The number of carbonyl (C=O) groups is 1. The van der Waals surface area contributed by atoms with Gasteiger partial charge in [-0.3, -0.25) is 9.78 Å².